The van der Waals surface area contributed by atoms with Crippen LogP contribution in [0.1, 0.15) is 41.3 Å². The number of alkyl halides is 3. The first-order chi connectivity index (χ1) is 22.0. The summed E-state index contributed by atoms with van der Waals surface area (Å²) >= 11 is 0. The smallest absolute Gasteiger partial charge is 0.416 e. The van der Waals surface area contributed by atoms with Crippen LogP contribution in [0.2, 0.25) is 0 Å². The standard InChI is InChI=1S/C37H35F3N2O4/c1-25(43)41-22-6-9-33(41)24-42(34(36(45)46-2)23-26-10-12-28(13-11-26)27-7-4-3-5-8-27)35(44)31-16-14-29(15-17-31)30-18-20-32(21-19-30)37(38,39)40/h3-5,7-8,10-21,33-34H,6,9,22-24H2,1-2H3/t33-,34+/m1/s1. The zero-order valence-electron chi connectivity index (χ0n) is 25.7. The maximum Gasteiger partial charge on any atom is 0.416 e. The lowest BCUT2D eigenvalue weighted by Gasteiger charge is -2.35. The van der Waals surface area contributed by atoms with Gasteiger partial charge in [-0.2, -0.15) is 13.2 Å². The van der Waals surface area contributed by atoms with E-state index in [1.807, 2.05) is 54.6 Å². The molecule has 1 fully saturated rings. The molecule has 1 aliphatic rings. The molecule has 0 bridgehead atoms. The number of nitrogens with zero attached hydrogens (tertiary/aromatic N) is 2. The number of carbonyl (C=O) groups excluding carboxylic acids is 3. The average molecular weight is 629 g/mol. The molecule has 46 heavy (non-hydrogen) atoms. The van der Waals surface area contributed by atoms with Crippen molar-refractivity contribution >= 4 is 17.8 Å². The van der Waals surface area contributed by atoms with Crippen molar-refractivity contribution in [3.8, 4) is 22.3 Å². The fourth-order valence-corrected chi connectivity index (χ4v) is 5.99. The highest BCUT2D eigenvalue weighted by Crippen LogP contribution is 2.31. The van der Waals surface area contributed by atoms with Gasteiger partial charge in [-0.05, 0) is 64.9 Å². The molecule has 238 valence electrons. The van der Waals surface area contributed by atoms with Crippen molar-refractivity contribution in [2.45, 2.75) is 44.4 Å². The topological polar surface area (TPSA) is 66.9 Å². The van der Waals surface area contributed by atoms with Gasteiger partial charge in [-0.15, -0.1) is 0 Å². The number of likely N-dealkylation sites (tertiary alicyclic amines) is 1. The molecule has 4 aromatic rings. The van der Waals surface area contributed by atoms with Crippen LogP contribution in [0.15, 0.2) is 103 Å². The highest BCUT2D eigenvalue weighted by atomic mass is 19.4. The second kappa shape index (κ2) is 14.0. The minimum absolute atomic E-state index is 0.0955. The Morgan fingerprint density at radius 3 is 1.91 bits per heavy atom. The number of esters is 1. The predicted molar refractivity (Wildman–Crippen MR) is 170 cm³/mol. The summed E-state index contributed by atoms with van der Waals surface area (Å²) < 4.78 is 44.3. The lowest BCUT2D eigenvalue weighted by molar-refractivity contribution is -0.146. The van der Waals surface area contributed by atoms with Gasteiger partial charge in [0.1, 0.15) is 6.04 Å². The van der Waals surface area contributed by atoms with Crippen molar-refractivity contribution in [3.63, 3.8) is 0 Å². The van der Waals surface area contributed by atoms with E-state index in [4.69, 9.17) is 4.74 Å². The van der Waals surface area contributed by atoms with Gasteiger partial charge in [0.25, 0.3) is 5.91 Å². The molecule has 4 aromatic carbocycles. The van der Waals surface area contributed by atoms with Crippen LogP contribution in [-0.4, -0.2) is 59.9 Å². The molecule has 2 amide bonds. The van der Waals surface area contributed by atoms with E-state index < -0.39 is 29.7 Å². The summed E-state index contributed by atoms with van der Waals surface area (Å²) in [5, 5.41) is 0. The molecule has 9 heteroatoms. The number of ether oxygens (including phenoxy) is 1. The van der Waals surface area contributed by atoms with Crippen molar-refractivity contribution in [1.29, 1.82) is 0 Å². The van der Waals surface area contributed by atoms with Crippen LogP contribution in [0, 0.1) is 0 Å². The van der Waals surface area contributed by atoms with Gasteiger partial charge in [-0.25, -0.2) is 4.79 Å². The molecule has 0 radical (unpaired) electrons. The zero-order valence-corrected chi connectivity index (χ0v) is 25.7. The zero-order chi connectivity index (χ0) is 32.8. The van der Waals surface area contributed by atoms with E-state index >= 15 is 0 Å². The normalized spacial score (nSPS) is 15.3. The Kier molecular flexibility index (Phi) is 9.90. The van der Waals surface area contributed by atoms with E-state index in [2.05, 4.69) is 0 Å². The Hall–Kier alpha value is -4.92. The summed E-state index contributed by atoms with van der Waals surface area (Å²) in [6.45, 7) is 2.21. The van der Waals surface area contributed by atoms with Gasteiger partial charge in [0, 0.05) is 38.0 Å². The molecule has 1 heterocycles. The number of amides is 2. The molecule has 0 aromatic heterocycles. The van der Waals surface area contributed by atoms with Gasteiger partial charge >= 0.3 is 12.1 Å². The molecule has 0 aliphatic carbocycles. The summed E-state index contributed by atoms with van der Waals surface area (Å²) in [5.41, 5.74) is 3.67. The molecule has 0 N–H and O–H groups in total. The Morgan fingerprint density at radius 1 is 0.826 bits per heavy atom. The Morgan fingerprint density at radius 2 is 1.37 bits per heavy atom. The predicted octanol–water partition coefficient (Wildman–Crippen LogP) is 7.28. The largest absolute Gasteiger partial charge is 0.467 e. The molecule has 1 saturated heterocycles. The molecule has 2 atom stereocenters. The fourth-order valence-electron chi connectivity index (χ4n) is 5.99. The summed E-state index contributed by atoms with van der Waals surface area (Å²) in [4.78, 5) is 43.1. The van der Waals surface area contributed by atoms with Gasteiger partial charge in [0.2, 0.25) is 5.91 Å². The molecule has 0 saturated carbocycles. The molecular weight excluding hydrogens is 593 g/mol. The van der Waals surface area contributed by atoms with Gasteiger partial charge in [0.15, 0.2) is 0 Å². The third kappa shape index (κ3) is 7.47. The van der Waals surface area contributed by atoms with Crippen LogP contribution in [0.5, 0.6) is 0 Å². The van der Waals surface area contributed by atoms with Gasteiger partial charge < -0.3 is 14.5 Å². The molecule has 1 aliphatic heterocycles. The number of benzene rings is 4. The van der Waals surface area contributed by atoms with Crippen LogP contribution in [-0.2, 0) is 26.9 Å². The van der Waals surface area contributed by atoms with Gasteiger partial charge in [0.05, 0.1) is 12.7 Å². The average Bonchev–Trinajstić information content (AvgIpc) is 3.55. The van der Waals surface area contributed by atoms with E-state index in [1.54, 1.807) is 29.2 Å². The molecule has 5 rings (SSSR count). The number of methoxy groups -OCH3 is 1. The number of hydrogen-bond donors (Lipinski definition) is 0. The van der Waals surface area contributed by atoms with Gasteiger partial charge in [-0.1, -0.05) is 78.9 Å². The van der Waals surface area contributed by atoms with Gasteiger partial charge in [-0.3, -0.25) is 9.59 Å². The maximum absolute atomic E-state index is 14.2. The van der Waals surface area contributed by atoms with Crippen molar-refractivity contribution in [2.24, 2.45) is 0 Å². The third-order valence-corrected chi connectivity index (χ3v) is 8.47. The van der Waals surface area contributed by atoms with E-state index in [1.165, 1.54) is 31.1 Å². The maximum atomic E-state index is 14.2. The quantitative estimate of drug-likeness (QED) is 0.183. The minimum Gasteiger partial charge on any atom is -0.467 e. The van der Waals surface area contributed by atoms with Crippen molar-refractivity contribution in [1.82, 2.24) is 9.80 Å². The number of rotatable bonds is 9. The summed E-state index contributed by atoms with van der Waals surface area (Å²) in [6.07, 6.45) is -2.76. The first-order valence-electron chi connectivity index (χ1n) is 15.1. The van der Waals surface area contributed by atoms with Crippen LogP contribution in [0.25, 0.3) is 22.3 Å². The van der Waals surface area contributed by atoms with E-state index in [0.717, 1.165) is 35.2 Å². The van der Waals surface area contributed by atoms with E-state index in [0.29, 0.717) is 29.7 Å². The van der Waals surface area contributed by atoms with Crippen molar-refractivity contribution < 1.29 is 32.3 Å². The highest BCUT2D eigenvalue weighted by Gasteiger charge is 2.37. The minimum atomic E-state index is -4.43. The van der Waals surface area contributed by atoms with Crippen LogP contribution in [0.4, 0.5) is 13.2 Å². The Bertz CT molecular complexity index is 1650. The Labute approximate surface area is 266 Å². The monoisotopic (exact) mass is 628 g/mol. The summed E-state index contributed by atoms with van der Waals surface area (Å²) in [5.74, 6) is -1.08. The van der Waals surface area contributed by atoms with Crippen molar-refractivity contribution in [3.05, 3.63) is 120 Å². The number of carbonyl (C=O) groups is 3. The first-order valence-corrected chi connectivity index (χ1v) is 15.1. The van der Waals surface area contributed by atoms with Crippen LogP contribution in [0.3, 0.4) is 0 Å². The first kappa shape index (κ1) is 32.5. The van der Waals surface area contributed by atoms with Crippen molar-refractivity contribution in [2.75, 3.05) is 20.2 Å². The van der Waals surface area contributed by atoms with Crippen LogP contribution >= 0.6 is 0 Å². The second-order valence-electron chi connectivity index (χ2n) is 11.4. The number of hydrogen-bond acceptors (Lipinski definition) is 4. The molecular formula is C37H35F3N2O4. The van der Waals surface area contributed by atoms with E-state index in [-0.39, 0.29) is 24.9 Å². The van der Waals surface area contributed by atoms with E-state index in [9.17, 15) is 27.6 Å². The molecule has 0 unspecified atom stereocenters. The lowest BCUT2D eigenvalue weighted by atomic mass is 9.98. The summed E-state index contributed by atoms with van der Waals surface area (Å²) in [6, 6.07) is 27.8. The SMILES string of the molecule is COC(=O)[C@H](Cc1ccc(-c2ccccc2)cc1)N(C[C@H]1CCCN1C(C)=O)C(=O)c1ccc(-c2ccc(C(F)(F)F)cc2)cc1. The fraction of sp³-hybridized carbons (Fsp3) is 0.270. The lowest BCUT2D eigenvalue weighted by Crippen LogP contribution is -2.52. The molecule has 6 nitrogen and oxygen atoms in total. The Balaban J connectivity index is 1.44. The third-order valence-electron chi connectivity index (χ3n) is 8.47. The molecule has 0 spiro atoms. The van der Waals surface area contributed by atoms with Crippen LogP contribution < -0.4 is 0 Å². The number of halogens is 3. The summed E-state index contributed by atoms with van der Waals surface area (Å²) in [7, 11) is 1.28. The highest BCUT2D eigenvalue weighted by molar-refractivity contribution is 5.97. The second-order valence-corrected chi connectivity index (χ2v) is 11.4.